The van der Waals surface area contributed by atoms with Gasteiger partial charge in [-0.15, -0.1) is 11.6 Å². The summed E-state index contributed by atoms with van der Waals surface area (Å²) in [5, 5.41) is 8.66. The van der Waals surface area contributed by atoms with E-state index in [4.69, 9.17) is 26.3 Å². The zero-order valence-corrected chi connectivity index (χ0v) is 7.97. The van der Waals surface area contributed by atoms with Gasteiger partial charge in [-0.3, -0.25) is 0 Å². The molecule has 0 amide bonds. The number of alkyl halides is 1. The molecule has 0 radical (unpaired) electrons. The predicted octanol–water partition coefficient (Wildman–Crippen LogP) is 1.66. The van der Waals surface area contributed by atoms with E-state index in [2.05, 4.69) is 6.07 Å². The van der Waals surface area contributed by atoms with Crippen LogP contribution in [0.25, 0.3) is 0 Å². The largest absolute Gasteiger partial charge is 0.346 e. The molecule has 68 valence electrons. The number of nitrogens with zero attached hydrogens (tertiary/aromatic N) is 1. The van der Waals surface area contributed by atoms with Crippen molar-refractivity contribution in [3.8, 4) is 6.07 Å². The summed E-state index contributed by atoms with van der Waals surface area (Å²) in [6, 6.07) is 2.06. The van der Waals surface area contributed by atoms with Gasteiger partial charge in [0.15, 0.2) is 5.79 Å². The van der Waals surface area contributed by atoms with Crippen LogP contribution in [0.4, 0.5) is 0 Å². The Labute approximate surface area is 77.2 Å². The number of hydrogen-bond donors (Lipinski definition) is 0. The maximum absolute atomic E-state index is 8.66. The first kappa shape index (κ1) is 9.79. The van der Waals surface area contributed by atoms with Crippen molar-refractivity contribution >= 4 is 11.6 Å². The minimum Gasteiger partial charge on any atom is -0.346 e. The van der Waals surface area contributed by atoms with Crippen LogP contribution in [0.1, 0.15) is 20.3 Å². The van der Waals surface area contributed by atoms with Gasteiger partial charge in [-0.05, 0) is 13.8 Å². The van der Waals surface area contributed by atoms with E-state index in [9.17, 15) is 0 Å². The van der Waals surface area contributed by atoms with Crippen molar-refractivity contribution in [2.24, 2.45) is 0 Å². The molecule has 0 N–H and O–H groups in total. The van der Waals surface area contributed by atoms with Crippen LogP contribution in [0.5, 0.6) is 0 Å². The molecular formula is C8H12ClNO2. The fraction of sp³-hybridized carbons (Fsp3) is 0.875. The third-order valence-electron chi connectivity index (χ3n) is 1.67. The molecule has 1 saturated heterocycles. The van der Waals surface area contributed by atoms with Gasteiger partial charge in [0.05, 0.1) is 12.2 Å². The highest BCUT2D eigenvalue weighted by atomic mass is 35.5. The third-order valence-corrected chi connectivity index (χ3v) is 2.01. The molecule has 0 bridgehead atoms. The Morgan fingerprint density at radius 2 is 2.25 bits per heavy atom. The molecule has 1 fully saturated rings. The Morgan fingerprint density at radius 1 is 1.58 bits per heavy atom. The van der Waals surface area contributed by atoms with E-state index >= 15 is 0 Å². The Morgan fingerprint density at radius 3 is 2.75 bits per heavy atom. The summed E-state index contributed by atoms with van der Waals surface area (Å²) < 4.78 is 10.8. The molecule has 3 nitrogen and oxygen atoms in total. The van der Waals surface area contributed by atoms with Gasteiger partial charge in [0.1, 0.15) is 6.10 Å². The molecular weight excluding hydrogens is 178 g/mol. The monoisotopic (exact) mass is 189 g/mol. The van der Waals surface area contributed by atoms with Crippen molar-refractivity contribution in [2.45, 2.75) is 38.3 Å². The maximum Gasteiger partial charge on any atom is 0.164 e. The van der Waals surface area contributed by atoms with Gasteiger partial charge in [0.2, 0.25) is 0 Å². The van der Waals surface area contributed by atoms with E-state index in [-0.39, 0.29) is 6.10 Å². The molecule has 12 heavy (non-hydrogen) atoms. The summed E-state index contributed by atoms with van der Waals surface area (Å²) >= 11 is 5.64. The molecule has 0 spiro atoms. The summed E-state index contributed by atoms with van der Waals surface area (Å²) in [7, 11) is 0. The van der Waals surface area contributed by atoms with Crippen molar-refractivity contribution in [3.63, 3.8) is 0 Å². The molecule has 0 aromatic heterocycles. The van der Waals surface area contributed by atoms with Crippen LogP contribution in [-0.2, 0) is 9.47 Å². The minimum absolute atomic E-state index is 0.0694. The summed E-state index contributed by atoms with van der Waals surface area (Å²) in [6.07, 6.45) is 0.0984. The van der Waals surface area contributed by atoms with Crippen LogP contribution < -0.4 is 0 Å². The minimum atomic E-state index is -0.682. The second-order valence-corrected chi connectivity index (χ2v) is 3.57. The number of hydrogen-bond acceptors (Lipinski definition) is 3. The first-order valence-corrected chi connectivity index (χ1v) is 4.42. The van der Waals surface area contributed by atoms with Crippen LogP contribution in [0, 0.1) is 11.3 Å². The van der Waals surface area contributed by atoms with Crippen LogP contribution in [0.15, 0.2) is 0 Å². The van der Waals surface area contributed by atoms with Gasteiger partial charge in [0, 0.05) is 12.3 Å². The Kier molecular flexibility index (Phi) is 2.94. The Hall–Kier alpha value is -0.300. The normalized spacial score (nSPS) is 34.2. The number of nitriles is 1. The lowest BCUT2D eigenvalue weighted by molar-refractivity contribution is -0.284. The van der Waals surface area contributed by atoms with Gasteiger partial charge >= 0.3 is 0 Å². The Bertz CT molecular complexity index is 200. The summed E-state index contributed by atoms with van der Waals surface area (Å²) in [4.78, 5) is 0. The van der Waals surface area contributed by atoms with Crippen molar-refractivity contribution in [3.05, 3.63) is 0 Å². The van der Waals surface area contributed by atoms with Crippen LogP contribution in [0.3, 0.4) is 0 Å². The van der Waals surface area contributed by atoms with Crippen LogP contribution >= 0.6 is 11.6 Å². The highest BCUT2D eigenvalue weighted by Gasteiger charge is 2.34. The lowest BCUT2D eigenvalue weighted by Crippen LogP contribution is -2.44. The molecule has 1 aliphatic rings. The van der Waals surface area contributed by atoms with Crippen molar-refractivity contribution in [2.75, 3.05) is 5.88 Å². The van der Waals surface area contributed by atoms with Gasteiger partial charge in [0.25, 0.3) is 0 Å². The van der Waals surface area contributed by atoms with Gasteiger partial charge in [-0.25, -0.2) is 0 Å². The Balaban J connectivity index is 2.60. The van der Waals surface area contributed by atoms with E-state index < -0.39 is 11.9 Å². The SMILES string of the molecule is CC1(C)OC(C#N)C[C@@H](CCl)O1. The fourth-order valence-corrected chi connectivity index (χ4v) is 1.47. The topological polar surface area (TPSA) is 42.2 Å². The summed E-state index contributed by atoms with van der Waals surface area (Å²) in [6.45, 7) is 3.58. The molecule has 1 heterocycles. The lowest BCUT2D eigenvalue weighted by atomic mass is 10.1. The highest BCUT2D eigenvalue weighted by Crippen LogP contribution is 2.26. The average Bonchev–Trinajstić information content (AvgIpc) is 2.01. The summed E-state index contributed by atoms with van der Waals surface area (Å²) in [5.41, 5.74) is 0. The van der Waals surface area contributed by atoms with E-state index in [1.165, 1.54) is 0 Å². The fourth-order valence-electron chi connectivity index (χ4n) is 1.28. The first-order valence-electron chi connectivity index (χ1n) is 3.88. The van der Waals surface area contributed by atoms with E-state index in [0.717, 1.165) is 0 Å². The second kappa shape index (κ2) is 3.61. The van der Waals surface area contributed by atoms with Crippen molar-refractivity contribution in [1.82, 2.24) is 0 Å². The third kappa shape index (κ3) is 2.34. The first-order chi connectivity index (χ1) is 5.57. The number of ether oxygens (including phenoxy) is 2. The van der Waals surface area contributed by atoms with Crippen LogP contribution in [-0.4, -0.2) is 23.9 Å². The van der Waals surface area contributed by atoms with Gasteiger partial charge in [-0.2, -0.15) is 5.26 Å². The quantitative estimate of drug-likeness (QED) is 0.590. The van der Waals surface area contributed by atoms with E-state index in [0.29, 0.717) is 12.3 Å². The van der Waals surface area contributed by atoms with Crippen LogP contribution in [0.2, 0.25) is 0 Å². The number of rotatable bonds is 1. The molecule has 0 aromatic rings. The summed E-state index contributed by atoms with van der Waals surface area (Å²) in [5.74, 6) is -0.275. The molecule has 1 aliphatic heterocycles. The zero-order chi connectivity index (χ0) is 9.19. The van der Waals surface area contributed by atoms with Gasteiger partial charge in [-0.1, -0.05) is 0 Å². The van der Waals surface area contributed by atoms with Crippen molar-refractivity contribution in [1.29, 1.82) is 5.26 Å². The molecule has 1 unspecified atom stereocenters. The maximum atomic E-state index is 8.66. The number of halogens is 1. The predicted molar refractivity (Wildman–Crippen MR) is 44.8 cm³/mol. The molecule has 0 aliphatic carbocycles. The lowest BCUT2D eigenvalue weighted by Gasteiger charge is -2.37. The highest BCUT2D eigenvalue weighted by molar-refractivity contribution is 6.18. The average molecular weight is 190 g/mol. The molecule has 1 rings (SSSR count). The smallest absolute Gasteiger partial charge is 0.164 e. The van der Waals surface area contributed by atoms with Gasteiger partial charge < -0.3 is 9.47 Å². The standard InChI is InChI=1S/C8H12ClNO2/c1-8(2)11-6(4-9)3-7(5-10)12-8/h6-7H,3-4H2,1-2H3/t6-,7?/m0/s1. The molecule has 0 aromatic carbocycles. The molecule has 4 heteroatoms. The zero-order valence-electron chi connectivity index (χ0n) is 7.21. The van der Waals surface area contributed by atoms with E-state index in [1.807, 2.05) is 0 Å². The molecule has 0 saturated carbocycles. The van der Waals surface area contributed by atoms with Crippen molar-refractivity contribution < 1.29 is 9.47 Å². The second-order valence-electron chi connectivity index (χ2n) is 3.27. The molecule has 2 atom stereocenters. The van der Waals surface area contributed by atoms with E-state index in [1.54, 1.807) is 13.8 Å².